The first-order chi connectivity index (χ1) is 7.22. The highest BCUT2D eigenvalue weighted by molar-refractivity contribution is 9.10. The number of hydrogen-bond acceptors (Lipinski definition) is 2. The Kier molecular flexibility index (Phi) is 5.25. The zero-order chi connectivity index (χ0) is 11.1. The van der Waals surface area contributed by atoms with Crippen LogP contribution in [0.5, 0.6) is 0 Å². The van der Waals surface area contributed by atoms with Crippen LogP contribution in [0.2, 0.25) is 0 Å². The number of hydrogen-bond donors (Lipinski definition) is 2. The van der Waals surface area contributed by atoms with Crippen LogP contribution in [-0.2, 0) is 0 Å². The van der Waals surface area contributed by atoms with Crippen LogP contribution in [0.4, 0.5) is 10.7 Å². The van der Waals surface area contributed by atoms with Gasteiger partial charge in [-0.3, -0.25) is 5.32 Å². The molecule has 1 aromatic rings. The van der Waals surface area contributed by atoms with Gasteiger partial charge in [-0.1, -0.05) is 19.8 Å². The summed E-state index contributed by atoms with van der Waals surface area (Å²) in [5.41, 5.74) is 0. The molecule has 0 spiro atoms. The van der Waals surface area contributed by atoms with E-state index in [2.05, 4.69) is 33.5 Å². The lowest BCUT2D eigenvalue weighted by Crippen LogP contribution is -2.29. The zero-order valence-corrected chi connectivity index (χ0v) is 10.3. The van der Waals surface area contributed by atoms with Crippen LogP contribution in [0.25, 0.3) is 0 Å². The van der Waals surface area contributed by atoms with Gasteiger partial charge in [-0.25, -0.2) is 4.79 Å². The minimum Gasteiger partial charge on any atom is -0.434 e. The molecular weight excluding hydrogens is 260 g/mol. The van der Waals surface area contributed by atoms with Gasteiger partial charge >= 0.3 is 6.03 Å². The summed E-state index contributed by atoms with van der Waals surface area (Å²) in [5, 5.41) is 5.34. The van der Waals surface area contributed by atoms with E-state index in [4.69, 9.17) is 4.42 Å². The molecule has 0 unspecified atom stereocenters. The monoisotopic (exact) mass is 274 g/mol. The van der Waals surface area contributed by atoms with Gasteiger partial charge in [0.25, 0.3) is 0 Å². The fraction of sp³-hybridized carbons (Fsp3) is 0.500. The number of amides is 2. The predicted molar refractivity (Wildman–Crippen MR) is 63.0 cm³/mol. The molecule has 1 rings (SSSR count). The van der Waals surface area contributed by atoms with E-state index >= 15 is 0 Å². The maximum absolute atomic E-state index is 11.3. The summed E-state index contributed by atoms with van der Waals surface area (Å²) in [4.78, 5) is 11.3. The van der Waals surface area contributed by atoms with Gasteiger partial charge in [0.2, 0.25) is 5.88 Å². The lowest BCUT2D eigenvalue weighted by Gasteiger charge is -2.04. The van der Waals surface area contributed by atoms with Crippen molar-refractivity contribution in [2.24, 2.45) is 0 Å². The van der Waals surface area contributed by atoms with Crippen molar-refractivity contribution in [3.63, 3.8) is 0 Å². The largest absolute Gasteiger partial charge is 0.434 e. The number of carbonyl (C=O) groups is 1. The molecule has 84 valence electrons. The van der Waals surface area contributed by atoms with Crippen molar-refractivity contribution < 1.29 is 9.21 Å². The van der Waals surface area contributed by atoms with E-state index < -0.39 is 0 Å². The Morgan fingerprint density at radius 1 is 1.47 bits per heavy atom. The maximum atomic E-state index is 11.3. The molecule has 0 aromatic carbocycles. The molecule has 0 aliphatic heterocycles. The van der Waals surface area contributed by atoms with Gasteiger partial charge in [-0.05, 0) is 28.4 Å². The first-order valence-electron chi connectivity index (χ1n) is 5.02. The second-order valence-corrected chi connectivity index (χ2v) is 3.97. The second-order valence-electron chi connectivity index (χ2n) is 3.19. The number of carbonyl (C=O) groups excluding carboxylic acids is 1. The molecule has 0 fully saturated rings. The van der Waals surface area contributed by atoms with E-state index in [-0.39, 0.29) is 6.03 Å². The average molecular weight is 275 g/mol. The van der Waals surface area contributed by atoms with E-state index in [0.717, 1.165) is 19.3 Å². The summed E-state index contributed by atoms with van der Waals surface area (Å²) < 4.78 is 5.73. The normalized spacial score (nSPS) is 10.0. The van der Waals surface area contributed by atoms with Crippen LogP contribution < -0.4 is 10.6 Å². The third-order valence-electron chi connectivity index (χ3n) is 1.88. The SMILES string of the molecule is CCCCCNC(=O)Nc1ccc(Br)o1. The van der Waals surface area contributed by atoms with Crippen LogP contribution in [-0.4, -0.2) is 12.6 Å². The molecule has 4 nitrogen and oxygen atoms in total. The number of anilines is 1. The summed E-state index contributed by atoms with van der Waals surface area (Å²) in [7, 11) is 0. The van der Waals surface area contributed by atoms with Gasteiger partial charge in [-0.2, -0.15) is 0 Å². The number of unbranched alkanes of at least 4 members (excludes halogenated alkanes) is 2. The predicted octanol–water partition coefficient (Wildman–Crippen LogP) is 3.35. The second kappa shape index (κ2) is 6.50. The Morgan fingerprint density at radius 2 is 2.27 bits per heavy atom. The van der Waals surface area contributed by atoms with Crippen LogP contribution in [0, 0.1) is 0 Å². The molecule has 0 aliphatic carbocycles. The summed E-state index contributed by atoms with van der Waals surface area (Å²) in [5.74, 6) is 0.440. The summed E-state index contributed by atoms with van der Waals surface area (Å²) in [6.45, 7) is 2.82. The molecule has 2 amide bonds. The van der Waals surface area contributed by atoms with Gasteiger partial charge in [0.1, 0.15) is 0 Å². The average Bonchev–Trinajstić information content (AvgIpc) is 2.59. The molecule has 2 N–H and O–H groups in total. The molecule has 0 saturated heterocycles. The molecule has 5 heteroatoms. The van der Waals surface area contributed by atoms with Crippen molar-refractivity contribution >= 4 is 27.8 Å². The van der Waals surface area contributed by atoms with Crippen LogP contribution in [0.3, 0.4) is 0 Å². The highest BCUT2D eigenvalue weighted by Crippen LogP contribution is 2.17. The van der Waals surface area contributed by atoms with Crippen molar-refractivity contribution in [3.8, 4) is 0 Å². The smallest absolute Gasteiger partial charge is 0.321 e. The molecule has 0 radical (unpaired) electrons. The van der Waals surface area contributed by atoms with Crippen molar-refractivity contribution in [2.75, 3.05) is 11.9 Å². The van der Waals surface area contributed by atoms with E-state index in [9.17, 15) is 4.79 Å². The Hall–Kier alpha value is -0.970. The Morgan fingerprint density at radius 3 is 2.87 bits per heavy atom. The third-order valence-corrected chi connectivity index (χ3v) is 2.30. The van der Waals surface area contributed by atoms with Crippen LogP contribution in [0.1, 0.15) is 26.2 Å². The maximum Gasteiger partial charge on any atom is 0.321 e. The summed E-state index contributed by atoms with van der Waals surface area (Å²) >= 11 is 3.16. The fourth-order valence-electron chi connectivity index (χ4n) is 1.11. The molecule has 1 heterocycles. The minimum atomic E-state index is -0.229. The van der Waals surface area contributed by atoms with Gasteiger partial charge in [0, 0.05) is 12.6 Å². The van der Waals surface area contributed by atoms with E-state index in [1.54, 1.807) is 12.1 Å². The topological polar surface area (TPSA) is 54.3 Å². The summed E-state index contributed by atoms with van der Waals surface area (Å²) in [6, 6.07) is 3.19. The van der Waals surface area contributed by atoms with Crippen molar-refractivity contribution in [3.05, 3.63) is 16.8 Å². The van der Waals surface area contributed by atoms with Crippen LogP contribution in [0.15, 0.2) is 21.2 Å². The molecular formula is C10H15BrN2O2. The quantitative estimate of drug-likeness (QED) is 0.809. The Balaban J connectivity index is 2.18. The van der Waals surface area contributed by atoms with E-state index in [1.807, 2.05) is 0 Å². The van der Waals surface area contributed by atoms with Crippen molar-refractivity contribution in [2.45, 2.75) is 26.2 Å². The molecule has 0 saturated carbocycles. The van der Waals surface area contributed by atoms with Crippen molar-refractivity contribution in [1.82, 2.24) is 5.32 Å². The van der Waals surface area contributed by atoms with Gasteiger partial charge in [-0.15, -0.1) is 0 Å². The van der Waals surface area contributed by atoms with Gasteiger partial charge in [0.05, 0.1) is 0 Å². The first-order valence-corrected chi connectivity index (χ1v) is 5.82. The standard InChI is InChI=1S/C10H15BrN2O2/c1-2-3-4-7-12-10(14)13-9-6-5-8(11)15-9/h5-6H,2-4,7H2,1H3,(H2,12,13,14). The van der Waals surface area contributed by atoms with Gasteiger partial charge < -0.3 is 9.73 Å². The van der Waals surface area contributed by atoms with E-state index in [0.29, 0.717) is 17.1 Å². The molecule has 1 aromatic heterocycles. The fourth-order valence-corrected chi connectivity index (χ4v) is 1.42. The molecule has 0 aliphatic rings. The minimum absolute atomic E-state index is 0.229. The number of halogens is 1. The Bertz CT molecular complexity index is 312. The number of rotatable bonds is 5. The van der Waals surface area contributed by atoms with Crippen molar-refractivity contribution in [1.29, 1.82) is 0 Å². The Labute approximate surface area is 97.5 Å². The summed E-state index contributed by atoms with van der Waals surface area (Å²) in [6.07, 6.45) is 3.28. The molecule has 0 bridgehead atoms. The number of urea groups is 1. The highest BCUT2D eigenvalue weighted by Gasteiger charge is 2.03. The zero-order valence-electron chi connectivity index (χ0n) is 8.68. The highest BCUT2D eigenvalue weighted by atomic mass is 79.9. The first kappa shape index (κ1) is 12.1. The van der Waals surface area contributed by atoms with E-state index in [1.165, 1.54) is 0 Å². The van der Waals surface area contributed by atoms with Crippen LogP contribution >= 0.6 is 15.9 Å². The van der Waals surface area contributed by atoms with Gasteiger partial charge in [0.15, 0.2) is 4.67 Å². The third kappa shape index (κ3) is 4.88. The molecule has 15 heavy (non-hydrogen) atoms. The number of nitrogens with one attached hydrogen (secondary N) is 2. The lowest BCUT2D eigenvalue weighted by molar-refractivity contribution is 0.251. The molecule has 0 atom stereocenters. The number of furan rings is 1. The lowest BCUT2D eigenvalue weighted by atomic mass is 10.2.